The number of ketones is 1. The number of anilines is 1. The molecular weight excluding hydrogens is 978 g/mol. The molecule has 0 radical (unpaired) electrons. The number of pyridine rings is 1. The number of allylic oxidation sites excluding steroid dienone is 3. The third-order valence-electron chi connectivity index (χ3n) is 13.6. The van der Waals surface area contributed by atoms with Crippen LogP contribution in [0, 0.1) is 23.7 Å². The normalized spacial score (nSPS) is 30.3. The summed E-state index contributed by atoms with van der Waals surface area (Å²) in [7, 11) is 7.58. The number of hydrogen-bond acceptors (Lipinski definition) is 14. The summed E-state index contributed by atoms with van der Waals surface area (Å²) in [6, 6.07) is 17.7. The number of hydrogen-bond donors (Lipinski definition) is 3. The molecule has 2 aromatic heterocycles. The summed E-state index contributed by atoms with van der Waals surface area (Å²) in [5.74, 6) is -2.23. The Balaban J connectivity index is 1.37. The number of aliphatic hydroxyl groups is 3. The molecule has 2 aromatic carbocycles. The van der Waals surface area contributed by atoms with Gasteiger partial charge in [0.1, 0.15) is 12.2 Å². The monoisotopic (exact) mass is 1050 g/mol. The summed E-state index contributed by atoms with van der Waals surface area (Å²) in [6.07, 6.45) is 3.73. The van der Waals surface area contributed by atoms with E-state index < -0.39 is 72.7 Å². The van der Waals surface area contributed by atoms with Crippen molar-refractivity contribution in [1.29, 1.82) is 0 Å². The Morgan fingerprint density at radius 3 is 2.38 bits per heavy atom. The number of para-hydroxylation sites is 1. The van der Waals surface area contributed by atoms with Crippen LogP contribution in [0.15, 0.2) is 90.8 Å². The summed E-state index contributed by atoms with van der Waals surface area (Å²) >= 11 is 2.29. The van der Waals surface area contributed by atoms with Crippen LogP contribution >= 0.6 is 22.6 Å². The highest BCUT2D eigenvalue weighted by Crippen LogP contribution is 2.35. The molecule has 16 heteroatoms. The Labute approximate surface area is 415 Å². The van der Waals surface area contributed by atoms with Crippen molar-refractivity contribution in [2.45, 2.75) is 122 Å². The fraction of sp³-hybridized carbons (Fsp3) is 0.558. The highest BCUT2D eigenvalue weighted by molar-refractivity contribution is 14.1. The Morgan fingerprint density at radius 1 is 0.956 bits per heavy atom. The second-order valence-corrected chi connectivity index (χ2v) is 20.2. The summed E-state index contributed by atoms with van der Waals surface area (Å²) in [4.78, 5) is 38.5. The van der Waals surface area contributed by atoms with E-state index in [1.165, 1.54) is 0 Å². The van der Waals surface area contributed by atoms with Gasteiger partial charge in [-0.25, -0.2) is 4.68 Å². The average molecular weight is 1050 g/mol. The van der Waals surface area contributed by atoms with Gasteiger partial charge in [0.2, 0.25) is 0 Å². The SMILES string of the molecule is CC[C@H]1OC(=O)C[C@@H](O)[C@H](C)[C@@H](O[C@@H]2O[C@H](C)[C@@H](O)[C@H](N(C)C)[C@H]2O)[C@@H](CCN(Cc2ccc(N(C)C)cc2)Cc2cn(-c3cnc4ccccc4c3)nn2)C[C@@H](C)C(=O)/C=C/C(C)=C/[C@@H]1CI. The number of halogens is 1. The lowest BCUT2D eigenvalue weighted by molar-refractivity contribution is -0.304. The Hall–Kier alpha value is -4.14. The molecule has 0 spiro atoms. The van der Waals surface area contributed by atoms with Crippen LogP contribution in [0.5, 0.6) is 0 Å². The van der Waals surface area contributed by atoms with E-state index in [0.29, 0.717) is 43.3 Å². The number of carbonyl (C=O) groups excluding carboxylic acids is 2. The number of cyclic esters (lactones) is 1. The smallest absolute Gasteiger partial charge is 0.308 e. The molecule has 370 valence electrons. The Morgan fingerprint density at radius 2 is 1.69 bits per heavy atom. The first-order chi connectivity index (χ1) is 32.5. The van der Waals surface area contributed by atoms with E-state index in [1.807, 2.05) is 90.5 Å². The van der Waals surface area contributed by atoms with Crippen molar-refractivity contribution in [2.75, 3.05) is 44.1 Å². The van der Waals surface area contributed by atoms with E-state index in [-0.39, 0.29) is 18.1 Å². The molecule has 12 atom stereocenters. The molecule has 2 aliphatic rings. The Kier molecular flexibility index (Phi) is 19.3. The van der Waals surface area contributed by atoms with Crippen molar-refractivity contribution in [2.24, 2.45) is 23.7 Å². The van der Waals surface area contributed by atoms with E-state index in [4.69, 9.17) is 14.2 Å². The number of aliphatic hydroxyl groups excluding tert-OH is 3. The van der Waals surface area contributed by atoms with Crippen LogP contribution in [0.3, 0.4) is 0 Å². The Bertz CT molecular complexity index is 2320. The summed E-state index contributed by atoms with van der Waals surface area (Å²) in [5, 5.41) is 45.1. The fourth-order valence-corrected chi connectivity index (χ4v) is 10.3. The van der Waals surface area contributed by atoms with Crippen LogP contribution in [0.4, 0.5) is 5.69 Å². The maximum absolute atomic E-state index is 14.1. The molecule has 0 amide bonds. The quantitative estimate of drug-likeness (QED) is 0.0705. The van der Waals surface area contributed by atoms with Gasteiger partial charge in [-0.15, -0.1) is 5.10 Å². The number of likely N-dealkylation sites (N-methyl/N-ethyl adjacent to an activating group) is 1. The molecule has 4 heterocycles. The van der Waals surface area contributed by atoms with E-state index in [0.717, 1.165) is 39.1 Å². The van der Waals surface area contributed by atoms with Gasteiger partial charge in [0.25, 0.3) is 0 Å². The molecule has 6 rings (SSSR count). The molecule has 1 fully saturated rings. The summed E-state index contributed by atoms with van der Waals surface area (Å²) < 4.78 is 21.6. The molecule has 4 aromatic rings. The maximum Gasteiger partial charge on any atom is 0.308 e. The van der Waals surface area contributed by atoms with Gasteiger partial charge in [-0.3, -0.25) is 19.5 Å². The van der Waals surface area contributed by atoms with Crippen molar-refractivity contribution in [3.63, 3.8) is 0 Å². The topological polar surface area (TPSA) is 176 Å². The minimum atomic E-state index is -1.26. The summed E-state index contributed by atoms with van der Waals surface area (Å²) in [6.45, 7) is 10.9. The van der Waals surface area contributed by atoms with Crippen LogP contribution in [-0.4, -0.2) is 145 Å². The minimum Gasteiger partial charge on any atom is -0.462 e. The number of fused-ring (bicyclic) bond motifs is 1. The van der Waals surface area contributed by atoms with Crippen molar-refractivity contribution >= 4 is 50.9 Å². The van der Waals surface area contributed by atoms with Gasteiger partial charge in [-0.1, -0.05) is 96.6 Å². The van der Waals surface area contributed by atoms with Crippen LogP contribution in [0.25, 0.3) is 16.6 Å². The zero-order valence-corrected chi connectivity index (χ0v) is 43.2. The third kappa shape index (κ3) is 13.8. The molecule has 3 N–H and O–H groups in total. The number of rotatable bonds is 14. The van der Waals surface area contributed by atoms with Gasteiger partial charge in [-0.05, 0) is 95.6 Å². The van der Waals surface area contributed by atoms with E-state index in [1.54, 1.807) is 42.9 Å². The molecule has 0 bridgehead atoms. The molecule has 15 nitrogen and oxygen atoms in total. The largest absolute Gasteiger partial charge is 0.462 e. The van der Waals surface area contributed by atoms with Gasteiger partial charge in [0.05, 0.1) is 66.2 Å². The highest BCUT2D eigenvalue weighted by atomic mass is 127. The number of ether oxygens (including phenoxy) is 3. The maximum atomic E-state index is 14.1. The van der Waals surface area contributed by atoms with Gasteiger partial charge < -0.3 is 39.3 Å². The van der Waals surface area contributed by atoms with Crippen molar-refractivity contribution < 1.29 is 39.1 Å². The number of nitrogens with zero attached hydrogens (tertiary/aromatic N) is 7. The first-order valence-electron chi connectivity index (χ1n) is 23.9. The number of alkyl halides is 1. The second kappa shape index (κ2) is 24.6. The molecule has 0 unspecified atom stereocenters. The zero-order valence-electron chi connectivity index (χ0n) is 41.1. The lowest BCUT2D eigenvalue weighted by atomic mass is 9.79. The standard InChI is InChI=1S/C52H72IN7O8/c1-10-46-39(27-53)23-32(2)15-20-44(61)33(3)24-38(51(34(4)45(62)26-47(63)67-46)68-52-50(65)48(58(8)9)49(64)35(5)66-52)21-22-59(29-36-16-18-41(19-17-36)57(6)7)30-40-31-60(56-55-40)42-25-37-13-11-12-14-43(37)54-28-42/h11-20,23,25,28,31,33-35,38-39,45-46,48-52,62,64-65H,10,21-22,24,26-27,29-30H2,1-9H3/b20-15+,32-23+/t33-,34+,35-,38+,39-,45-,46-,48+,49-,50-,51-,52+/m1/s1. The van der Waals surface area contributed by atoms with Crippen molar-refractivity contribution in [3.8, 4) is 5.69 Å². The number of carbonyl (C=O) groups is 2. The van der Waals surface area contributed by atoms with Crippen LogP contribution in [0.2, 0.25) is 0 Å². The van der Waals surface area contributed by atoms with Gasteiger partial charge in [0.15, 0.2) is 12.1 Å². The molecule has 1 saturated heterocycles. The van der Waals surface area contributed by atoms with E-state index in [9.17, 15) is 24.9 Å². The lowest BCUT2D eigenvalue weighted by Crippen LogP contribution is -2.63. The molecule has 0 aliphatic carbocycles. The van der Waals surface area contributed by atoms with Crippen molar-refractivity contribution in [1.82, 2.24) is 29.8 Å². The average Bonchev–Trinajstić information content (AvgIpc) is 3.79. The number of aromatic nitrogens is 4. The molecular formula is C52H72IN7O8. The van der Waals surface area contributed by atoms with Crippen molar-refractivity contribution in [3.05, 3.63) is 102 Å². The van der Waals surface area contributed by atoms with Gasteiger partial charge >= 0.3 is 5.97 Å². The summed E-state index contributed by atoms with van der Waals surface area (Å²) in [5.41, 5.74) is 5.47. The molecule has 68 heavy (non-hydrogen) atoms. The van der Waals surface area contributed by atoms with E-state index >= 15 is 0 Å². The number of benzene rings is 2. The predicted molar refractivity (Wildman–Crippen MR) is 272 cm³/mol. The molecule has 0 saturated carbocycles. The predicted octanol–water partition coefficient (Wildman–Crippen LogP) is 6.54. The van der Waals surface area contributed by atoms with Gasteiger partial charge in [0, 0.05) is 60.4 Å². The van der Waals surface area contributed by atoms with E-state index in [2.05, 4.69) is 72.0 Å². The highest BCUT2D eigenvalue weighted by Gasteiger charge is 2.47. The van der Waals surface area contributed by atoms with Crippen LogP contribution < -0.4 is 4.90 Å². The third-order valence-corrected chi connectivity index (χ3v) is 14.6. The first-order valence-corrected chi connectivity index (χ1v) is 25.4. The van der Waals surface area contributed by atoms with Crippen LogP contribution in [0.1, 0.15) is 71.6 Å². The lowest BCUT2D eigenvalue weighted by Gasteiger charge is -2.46. The minimum absolute atomic E-state index is 0.0534. The van der Waals surface area contributed by atoms with Crippen LogP contribution in [-0.2, 0) is 36.9 Å². The van der Waals surface area contributed by atoms with Gasteiger partial charge in [-0.2, -0.15) is 0 Å². The molecule has 2 aliphatic heterocycles. The zero-order chi connectivity index (χ0) is 49.2. The second-order valence-electron chi connectivity index (χ2n) is 19.3. The number of esters is 1. The fourth-order valence-electron chi connectivity index (χ4n) is 9.46. The first kappa shape index (κ1) is 53.2.